The Labute approximate surface area is 105 Å². The maximum atomic E-state index is 11.8. The molecule has 0 aromatic carbocycles. The van der Waals surface area contributed by atoms with Gasteiger partial charge in [0.25, 0.3) is 0 Å². The first kappa shape index (κ1) is 12.3. The molecular weight excluding hydrogens is 234 g/mol. The van der Waals surface area contributed by atoms with Gasteiger partial charge in [-0.25, -0.2) is 4.79 Å². The normalized spacial score (nSPS) is 20.6. The van der Waals surface area contributed by atoms with E-state index in [4.69, 9.17) is 5.11 Å². The van der Waals surface area contributed by atoms with Crippen LogP contribution in [0.5, 0.6) is 0 Å². The summed E-state index contributed by atoms with van der Waals surface area (Å²) in [6.45, 7) is 2.18. The van der Waals surface area contributed by atoms with Crippen molar-refractivity contribution in [3.05, 3.63) is 30.1 Å². The van der Waals surface area contributed by atoms with Gasteiger partial charge in [0.15, 0.2) is 0 Å². The number of nitrogens with zero attached hydrogens (tertiary/aromatic N) is 2. The molecule has 0 saturated carbocycles. The van der Waals surface area contributed by atoms with Crippen LogP contribution in [0.3, 0.4) is 0 Å². The lowest BCUT2D eigenvalue weighted by atomic mass is 10.1. The second-order valence-electron chi connectivity index (χ2n) is 4.36. The zero-order valence-corrected chi connectivity index (χ0v) is 10.0. The summed E-state index contributed by atoms with van der Waals surface area (Å²) < 4.78 is 0. The van der Waals surface area contributed by atoms with Crippen molar-refractivity contribution < 1.29 is 14.7 Å². The molecule has 1 aliphatic rings. The van der Waals surface area contributed by atoms with Gasteiger partial charge in [-0.2, -0.15) is 0 Å². The molecule has 6 nitrogen and oxygen atoms in total. The Bertz CT molecular complexity index is 449. The number of carbonyl (C=O) groups excluding carboxylic acids is 1. The summed E-state index contributed by atoms with van der Waals surface area (Å²) >= 11 is 0. The van der Waals surface area contributed by atoms with Crippen molar-refractivity contribution in [2.75, 3.05) is 6.54 Å². The first-order chi connectivity index (χ1) is 8.58. The van der Waals surface area contributed by atoms with Gasteiger partial charge in [0.1, 0.15) is 0 Å². The summed E-state index contributed by atoms with van der Waals surface area (Å²) in [7, 11) is 0. The van der Waals surface area contributed by atoms with Crippen LogP contribution in [0.1, 0.15) is 25.1 Å². The number of pyridine rings is 1. The molecular formula is C12H15N3O3. The highest BCUT2D eigenvalue weighted by atomic mass is 16.4. The molecule has 18 heavy (non-hydrogen) atoms. The summed E-state index contributed by atoms with van der Waals surface area (Å²) in [5.74, 6) is -0.906. The molecule has 1 fully saturated rings. The van der Waals surface area contributed by atoms with E-state index in [2.05, 4.69) is 10.3 Å². The van der Waals surface area contributed by atoms with E-state index < -0.39 is 5.97 Å². The molecule has 2 amide bonds. The maximum absolute atomic E-state index is 11.8. The molecule has 1 aliphatic heterocycles. The molecule has 0 aliphatic carbocycles. The smallest absolute Gasteiger partial charge is 0.318 e. The minimum Gasteiger partial charge on any atom is -0.481 e. The Kier molecular flexibility index (Phi) is 3.45. The van der Waals surface area contributed by atoms with Gasteiger partial charge in [0, 0.05) is 18.8 Å². The van der Waals surface area contributed by atoms with Crippen LogP contribution in [0.2, 0.25) is 0 Å². The van der Waals surface area contributed by atoms with E-state index in [0.29, 0.717) is 6.54 Å². The molecule has 1 saturated heterocycles. The lowest BCUT2D eigenvalue weighted by Crippen LogP contribution is -2.37. The topological polar surface area (TPSA) is 82.5 Å². The minimum absolute atomic E-state index is 0.0532. The maximum Gasteiger partial charge on any atom is 0.318 e. The minimum atomic E-state index is -0.906. The van der Waals surface area contributed by atoms with E-state index in [1.54, 1.807) is 13.1 Å². The van der Waals surface area contributed by atoms with Crippen LogP contribution in [0.15, 0.2) is 24.4 Å². The van der Waals surface area contributed by atoms with E-state index in [1.807, 2.05) is 18.2 Å². The SMILES string of the molecule is CC(CC(=O)O)N1CC(c2ccccn2)NC1=O. The van der Waals surface area contributed by atoms with Gasteiger partial charge in [0.2, 0.25) is 0 Å². The summed E-state index contributed by atoms with van der Waals surface area (Å²) in [6.07, 6.45) is 1.62. The number of hydrogen-bond acceptors (Lipinski definition) is 3. The highest BCUT2D eigenvalue weighted by Crippen LogP contribution is 2.21. The van der Waals surface area contributed by atoms with Crippen molar-refractivity contribution in [2.24, 2.45) is 0 Å². The Hall–Kier alpha value is -2.11. The molecule has 2 heterocycles. The largest absolute Gasteiger partial charge is 0.481 e. The lowest BCUT2D eigenvalue weighted by molar-refractivity contribution is -0.137. The molecule has 0 bridgehead atoms. The van der Waals surface area contributed by atoms with Gasteiger partial charge >= 0.3 is 12.0 Å². The number of carbonyl (C=O) groups is 2. The predicted octanol–water partition coefficient (Wildman–Crippen LogP) is 1.01. The Morgan fingerprint density at radius 2 is 2.44 bits per heavy atom. The van der Waals surface area contributed by atoms with E-state index in [9.17, 15) is 9.59 Å². The molecule has 0 radical (unpaired) electrons. The molecule has 2 unspecified atom stereocenters. The zero-order chi connectivity index (χ0) is 13.1. The summed E-state index contributed by atoms with van der Waals surface area (Å²) in [4.78, 5) is 28.2. The molecule has 1 aromatic heterocycles. The van der Waals surface area contributed by atoms with Crippen molar-refractivity contribution in [1.29, 1.82) is 0 Å². The van der Waals surface area contributed by atoms with Gasteiger partial charge in [-0.1, -0.05) is 6.07 Å². The number of nitrogens with one attached hydrogen (secondary N) is 1. The third kappa shape index (κ3) is 2.58. The molecule has 96 valence electrons. The van der Waals surface area contributed by atoms with Crippen molar-refractivity contribution >= 4 is 12.0 Å². The number of carboxylic acid groups (broad SMARTS) is 1. The van der Waals surface area contributed by atoms with Crippen LogP contribution in [0.4, 0.5) is 4.79 Å². The van der Waals surface area contributed by atoms with E-state index in [0.717, 1.165) is 5.69 Å². The Balaban J connectivity index is 2.05. The average Bonchev–Trinajstić information content (AvgIpc) is 2.72. The van der Waals surface area contributed by atoms with E-state index in [1.165, 1.54) is 4.90 Å². The Morgan fingerprint density at radius 3 is 3.06 bits per heavy atom. The average molecular weight is 249 g/mol. The number of hydrogen-bond donors (Lipinski definition) is 2. The second kappa shape index (κ2) is 5.03. The van der Waals surface area contributed by atoms with Gasteiger partial charge in [-0.15, -0.1) is 0 Å². The highest BCUT2D eigenvalue weighted by molar-refractivity contribution is 5.78. The summed E-state index contributed by atoms with van der Waals surface area (Å²) in [5.41, 5.74) is 0.788. The first-order valence-electron chi connectivity index (χ1n) is 5.78. The molecule has 2 rings (SSSR count). The molecule has 2 N–H and O–H groups in total. The molecule has 0 spiro atoms. The van der Waals surface area contributed by atoms with Crippen LogP contribution < -0.4 is 5.32 Å². The van der Waals surface area contributed by atoms with Crippen LogP contribution >= 0.6 is 0 Å². The number of aromatic nitrogens is 1. The summed E-state index contributed by atoms with van der Waals surface area (Å²) in [5, 5.41) is 11.5. The lowest BCUT2D eigenvalue weighted by Gasteiger charge is -2.21. The fourth-order valence-corrected chi connectivity index (χ4v) is 2.05. The number of carboxylic acids is 1. The molecule has 2 atom stereocenters. The third-order valence-corrected chi connectivity index (χ3v) is 2.98. The third-order valence-electron chi connectivity index (χ3n) is 2.98. The van der Waals surface area contributed by atoms with E-state index in [-0.39, 0.29) is 24.5 Å². The number of aliphatic carboxylic acids is 1. The zero-order valence-electron chi connectivity index (χ0n) is 10.0. The highest BCUT2D eigenvalue weighted by Gasteiger charge is 2.33. The van der Waals surface area contributed by atoms with Crippen LogP contribution in [-0.2, 0) is 4.79 Å². The first-order valence-corrected chi connectivity index (χ1v) is 5.78. The predicted molar refractivity (Wildman–Crippen MR) is 63.9 cm³/mol. The molecule has 6 heteroatoms. The summed E-state index contributed by atoms with van der Waals surface area (Å²) in [6, 6.07) is 4.78. The van der Waals surface area contributed by atoms with Crippen molar-refractivity contribution in [2.45, 2.75) is 25.4 Å². The quantitative estimate of drug-likeness (QED) is 0.834. The standard InChI is InChI=1S/C12H15N3O3/c1-8(6-11(16)17)15-7-10(14-12(15)18)9-4-2-3-5-13-9/h2-5,8,10H,6-7H2,1H3,(H,14,18)(H,16,17). The fourth-order valence-electron chi connectivity index (χ4n) is 2.05. The van der Waals surface area contributed by atoms with E-state index >= 15 is 0 Å². The monoisotopic (exact) mass is 249 g/mol. The number of urea groups is 1. The van der Waals surface area contributed by atoms with Crippen LogP contribution in [-0.4, -0.2) is 39.6 Å². The van der Waals surface area contributed by atoms with Gasteiger partial charge < -0.3 is 15.3 Å². The fraction of sp³-hybridized carbons (Fsp3) is 0.417. The molecule has 1 aromatic rings. The van der Waals surface area contributed by atoms with Crippen LogP contribution in [0.25, 0.3) is 0 Å². The second-order valence-corrected chi connectivity index (χ2v) is 4.36. The van der Waals surface area contributed by atoms with Gasteiger partial charge in [-0.3, -0.25) is 9.78 Å². The number of rotatable bonds is 4. The van der Waals surface area contributed by atoms with Gasteiger partial charge in [-0.05, 0) is 19.1 Å². The van der Waals surface area contributed by atoms with Crippen LogP contribution in [0, 0.1) is 0 Å². The number of amides is 2. The van der Waals surface area contributed by atoms with Crippen molar-refractivity contribution in [3.63, 3.8) is 0 Å². The Morgan fingerprint density at radius 1 is 1.67 bits per heavy atom. The van der Waals surface area contributed by atoms with Gasteiger partial charge in [0.05, 0.1) is 18.2 Å². The van der Waals surface area contributed by atoms with Crippen molar-refractivity contribution in [1.82, 2.24) is 15.2 Å². The van der Waals surface area contributed by atoms with Crippen molar-refractivity contribution in [3.8, 4) is 0 Å².